The van der Waals surface area contributed by atoms with E-state index in [2.05, 4.69) is 53.0 Å². The standard InChI is InChI=1S/C31H29Br2ClN4O7/c1-4-43-30(40)27-17(2)36-31(41)37-28(27)19-9-10-24(25(13-19)42-3)44-16-26(39)38-35-14-18-11-21(32)29(22(33)12-18)45-15-20-7-5-6-8-23(20)34/h5-14,28H,4,15-16H2,1-3H3,(H,38,39)(H2,36,37,41)/b35-14-/t28-/m1/s1. The van der Waals surface area contributed by atoms with Crippen molar-refractivity contribution in [1.82, 2.24) is 16.1 Å². The molecule has 11 nitrogen and oxygen atoms in total. The maximum atomic E-state index is 12.6. The Morgan fingerprint density at radius 1 is 1.07 bits per heavy atom. The van der Waals surface area contributed by atoms with E-state index >= 15 is 0 Å². The summed E-state index contributed by atoms with van der Waals surface area (Å²) in [6.07, 6.45) is 1.48. The Morgan fingerprint density at radius 2 is 1.80 bits per heavy atom. The zero-order valence-electron chi connectivity index (χ0n) is 24.4. The van der Waals surface area contributed by atoms with Crippen LogP contribution in [0.4, 0.5) is 4.79 Å². The summed E-state index contributed by atoms with van der Waals surface area (Å²) in [6.45, 7) is 3.43. The number of hydrazone groups is 1. The first-order valence-electron chi connectivity index (χ1n) is 13.5. The zero-order chi connectivity index (χ0) is 32.5. The van der Waals surface area contributed by atoms with E-state index < -0.39 is 23.9 Å². The second-order valence-electron chi connectivity index (χ2n) is 9.48. The van der Waals surface area contributed by atoms with Crippen LogP contribution in [0.25, 0.3) is 0 Å². The van der Waals surface area contributed by atoms with Crippen LogP contribution in [0.3, 0.4) is 0 Å². The van der Waals surface area contributed by atoms with Gasteiger partial charge < -0.3 is 29.6 Å². The maximum absolute atomic E-state index is 12.6. The molecule has 14 heteroatoms. The Kier molecular flexibility index (Phi) is 11.9. The van der Waals surface area contributed by atoms with Gasteiger partial charge in [-0.05, 0) is 87.2 Å². The fraction of sp³-hybridized carbons (Fsp3) is 0.226. The van der Waals surface area contributed by atoms with Crippen LogP contribution in [-0.4, -0.2) is 44.4 Å². The number of nitrogens with one attached hydrogen (secondary N) is 3. The van der Waals surface area contributed by atoms with Crippen molar-refractivity contribution in [3.05, 3.63) is 96.5 Å². The van der Waals surface area contributed by atoms with Gasteiger partial charge in [0.2, 0.25) is 0 Å². The molecule has 1 heterocycles. The van der Waals surface area contributed by atoms with Gasteiger partial charge in [-0.2, -0.15) is 5.10 Å². The van der Waals surface area contributed by atoms with Crippen molar-refractivity contribution in [2.24, 2.45) is 5.10 Å². The maximum Gasteiger partial charge on any atom is 0.338 e. The van der Waals surface area contributed by atoms with Gasteiger partial charge in [0.15, 0.2) is 18.1 Å². The van der Waals surface area contributed by atoms with Crippen molar-refractivity contribution in [2.75, 3.05) is 20.3 Å². The molecule has 0 radical (unpaired) electrons. The van der Waals surface area contributed by atoms with Crippen LogP contribution < -0.4 is 30.3 Å². The Labute approximate surface area is 281 Å². The molecule has 3 aromatic carbocycles. The lowest BCUT2D eigenvalue weighted by molar-refractivity contribution is -0.139. The predicted molar refractivity (Wildman–Crippen MR) is 176 cm³/mol. The number of carbonyl (C=O) groups excluding carboxylic acids is 3. The molecular weight excluding hydrogens is 736 g/mol. The van der Waals surface area contributed by atoms with Gasteiger partial charge in [-0.3, -0.25) is 4.79 Å². The van der Waals surface area contributed by atoms with Crippen LogP contribution in [0.2, 0.25) is 5.02 Å². The highest BCUT2D eigenvalue weighted by Gasteiger charge is 2.32. The molecule has 3 N–H and O–H groups in total. The van der Waals surface area contributed by atoms with Gasteiger partial charge in [0.1, 0.15) is 12.4 Å². The minimum atomic E-state index is -0.776. The lowest BCUT2D eigenvalue weighted by Gasteiger charge is -2.28. The highest BCUT2D eigenvalue weighted by molar-refractivity contribution is 9.11. The smallest absolute Gasteiger partial charge is 0.338 e. The molecule has 45 heavy (non-hydrogen) atoms. The molecule has 0 bridgehead atoms. The van der Waals surface area contributed by atoms with Crippen LogP contribution in [-0.2, 0) is 20.9 Å². The van der Waals surface area contributed by atoms with Gasteiger partial charge >= 0.3 is 12.0 Å². The largest absolute Gasteiger partial charge is 0.493 e. The van der Waals surface area contributed by atoms with Crippen molar-refractivity contribution < 1.29 is 33.3 Å². The van der Waals surface area contributed by atoms with Crippen LogP contribution in [0.1, 0.15) is 36.6 Å². The number of ether oxygens (including phenoxy) is 4. The summed E-state index contributed by atoms with van der Waals surface area (Å²) in [4.78, 5) is 37.2. The number of hydrogen-bond acceptors (Lipinski definition) is 8. The van der Waals surface area contributed by atoms with Crippen molar-refractivity contribution in [3.63, 3.8) is 0 Å². The molecule has 3 amide bonds. The van der Waals surface area contributed by atoms with Crippen molar-refractivity contribution >= 4 is 67.6 Å². The number of nitrogens with zero attached hydrogens (tertiary/aromatic N) is 1. The Bertz CT molecular complexity index is 1640. The molecule has 0 saturated carbocycles. The average Bonchev–Trinajstić information content (AvgIpc) is 3.00. The highest BCUT2D eigenvalue weighted by Crippen LogP contribution is 2.36. The summed E-state index contributed by atoms with van der Waals surface area (Å²) < 4.78 is 23.6. The van der Waals surface area contributed by atoms with E-state index in [1.807, 2.05) is 18.2 Å². The summed E-state index contributed by atoms with van der Waals surface area (Å²) in [5.74, 6) is 0.101. The van der Waals surface area contributed by atoms with Crippen molar-refractivity contribution in [3.8, 4) is 17.2 Å². The van der Waals surface area contributed by atoms with Crippen molar-refractivity contribution in [2.45, 2.75) is 26.5 Å². The zero-order valence-corrected chi connectivity index (χ0v) is 28.3. The fourth-order valence-electron chi connectivity index (χ4n) is 4.32. The Balaban J connectivity index is 1.36. The highest BCUT2D eigenvalue weighted by atomic mass is 79.9. The van der Waals surface area contributed by atoms with Gasteiger partial charge in [0, 0.05) is 16.3 Å². The normalized spacial score (nSPS) is 14.4. The average molecular weight is 765 g/mol. The number of allylic oxidation sites excluding steroid dienone is 1. The molecule has 1 atom stereocenters. The Morgan fingerprint density at radius 3 is 2.49 bits per heavy atom. The van der Waals surface area contributed by atoms with E-state index in [9.17, 15) is 14.4 Å². The minimum absolute atomic E-state index is 0.181. The van der Waals surface area contributed by atoms with E-state index in [4.69, 9.17) is 30.5 Å². The molecule has 3 aromatic rings. The third-order valence-electron chi connectivity index (χ3n) is 6.40. The summed E-state index contributed by atoms with van der Waals surface area (Å²) >= 11 is 13.2. The first-order valence-corrected chi connectivity index (χ1v) is 15.5. The van der Waals surface area contributed by atoms with E-state index in [0.717, 1.165) is 5.56 Å². The van der Waals surface area contributed by atoms with E-state index in [1.54, 1.807) is 50.2 Å². The monoisotopic (exact) mass is 762 g/mol. The summed E-state index contributed by atoms with van der Waals surface area (Å²) in [6, 6.07) is 14.6. The molecular formula is C31H29Br2ClN4O7. The SMILES string of the molecule is CCOC(=O)C1=C(C)NC(=O)N[C@@H]1c1ccc(OCC(=O)N/N=C\c2cc(Br)c(OCc3ccccc3Cl)c(Br)c2)c(OC)c1. The minimum Gasteiger partial charge on any atom is -0.493 e. The number of urea groups is 1. The summed E-state index contributed by atoms with van der Waals surface area (Å²) in [5.41, 5.74) is 5.18. The lowest BCUT2D eigenvalue weighted by atomic mass is 9.95. The summed E-state index contributed by atoms with van der Waals surface area (Å²) in [7, 11) is 1.44. The van der Waals surface area contributed by atoms with E-state index in [0.29, 0.717) is 42.3 Å². The number of methoxy groups -OCH3 is 1. The van der Waals surface area contributed by atoms with Crippen LogP contribution in [0.15, 0.2) is 79.9 Å². The molecule has 0 unspecified atom stereocenters. The van der Waals surface area contributed by atoms with Crippen LogP contribution >= 0.6 is 43.5 Å². The number of esters is 1. The molecule has 0 spiro atoms. The number of hydrogen-bond donors (Lipinski definition) is 3. The van der Waals surface area contributed by atoms with Gasteiger partial charge in [0.25, 0.3) is 5.91 Å². The molecule has 236 valence electrons. The molecule has 0 aliphatic carbocycles. The number of benzene rings is 3. The molecule has 1 aliphatic rings. The van der Waals surface area contributed by atoms with Gasteiger partial charge in [-0.15, -0.1) is 0 Å². The number of amides is 3. The van der Waals surface area contributed by atoms with E-state index in [1.165, 1.54) is 13.3 Å². The van der Waals surface area contributed by atoms with Gasteiger partial charge in [-0.1, -0.05) is 35.9 Å². The predicted octanol–water partition coefficient (Wildman–Crippen LogP) is 6.17. The molecule has 0 fully saturated rings. The number of halogens is 3. The second kappa shape index (κ2) is 15.8. The van der Waals surface area contributed by atoms with Gasteiger partial charge in [-0.25, -0.2) is 15.0 Å². The van der Waals surface area contributed by atoms with Gasteiger partial charge in [0.05, 0.1) is 40.5 Å². The second-order valence-corrected chi connectivity index (χ2v) is 11.6. The van der Waals surface area contributed by atoms with Crippen molar-refractivity contribution in [1.29, 1.82) is 0 Å². The molecule has 0 saturated heterocycles. The number of carbonyl (C=O) groups is 3. The first kappa shape index (κ1) is 33.8. The third kappa shape index (κ3) is 8.77. The molecule has 4 rings (SSSR count). The molecule has 0 aromatic heterocycles. The van der Waals surface area contributed by atoms with Crippen LogP contribution in [0.5, 0.6) is 17.2 Å². The molecule has 1 aliphatic heterocycles. The van der Waals surface area contributed by atoms with E-state index in [-0.39, 0.29) is 31.1 Å². The Hall–Kier alpha value is -4.07. The lowest BCUT2D eigenvalue weighted by Crippen LogP contribution is -2.45. The summed E-state index contributed by atoms with van der Waals surface area (Å²) in [5, 5.41) is 9.95. The first-order chi connectivity index (χ1) is 21.6. The third-order valence-corrected chi connectivity index (χ3v) is 7.94. The fourth-order valence-corrected chi connectivity index (χ4v) is 5.96. The quantitative estimate of drug-likeness (QED) is 0.114. The number of rotatable bonds is 12. The topological polar surface area (TPSA) is 137 Å². The van der Waals surface area contributed by atoms with Crippen LogP contribution in [0, 0.1) is 0 Å².